The van der Waals surface area contributed by atoms with Crippen LogP contribution in [-0.4, -0.2) is 52.6 Å². The molecule has 0 aliphatic carbocycles. The van der Waals surface area contributed by atoms with Crippen molar-refractivity contribution >= 4 is 5.97 Å². The van der Waals surface area contributed by atoms with E-state index in [1.807, 2.05) is 48.5 Å². The highest BCUT2D eigenvalue weighted by atomic mass is 16.5. The molecule has 6 heteroatoms. The van der Waals surface area contributed by atoms with E-state index in [4.69, 9.17) is 9.84 Å². The Bertz CT molecular complexity index is 610. The summed E-state index contributed by atoms with van der Waals surface area (Å²) in [7, 11) is 1.88. The number of rotatable bonds is 7. The molecule has 0 saturated carbocycles. The number of aromatic nitrogens is 2. The second-order valence-corrected chi connectivity index (χ2v) is 4.96. The molecule has 0 aliphatic rings. The number of aliphatic hydroxyl groups excluding tert-OH is 1. The lowest BCUT2D eigenvalue weighted by Crippen LogP contribution is -2.22. The molecular weight excluding hydrogens is 282 g/mol. The van der Waals surface area contributed by atoms with Gasteiger partial charge in [0.2, 0.25) is 0 Å². The molecular formula is C16H21N3O3. The summed E-state index contributed by atoms with van der Waals surface area (Å²) in [4.78, 5) is 14.0. The van der Waals surface area contributed by atoms with E-state index in [1.165, 1.54) is 0 Å². The third-order valence-corrected chi connectivity index (χ3v) is 3.20. The molecule has 1 heterocycles. The quantitative estimate of drug-likeness (QED) is 0.785. The number of para-hydroxylation sites is 1. The fourth-order valence-electron chi connectivity index (χ4n) is 2.15. The SMILES string of the molecule is CCOC(=O)c1nn(-c2ccccc2)cc1CN(C)CCO. The molecule has 2 rings (SSSR count). The van der Waals surface area contributed by atoms with Crippen LogP contribution in [0, 0.1) is 0 Å². The summed E-state index contributed by atoms with van der Waals surface area (Å²) in [5.74, 6) is -0.426. The standard InChI is InChI=1S/C16H21N3O3/c1-3-22-16(21)15-13(11-18(2)9-10-20)12-19(17-15)14-7-5-4-6-8-14/h4-8,12,20H,3,9-11H2,1-2H3. The zero-order chi connectivity index (χ0) is 15.9. The Morgan fingerprint density at radius 1 is 1.36 bits per heavy atom. The van der Waals surface area contributed by atoms with Crippen molar-refractivity contribution in [2.45, 2.75) is 13.5 Å². The zero-order valence-corrected chi connectivity index (χ0v) is 12.9. The van der Waals surface area contributed by atoms with Crippen LogP contribution in [0.2, 0.25) is 0 Å². The average molecular weight is 303 g/mol. The molecule has 0 amide bonds. The van der Waals surface area contributed by atoms with E-state index in [9.17, 15) is 4.79 Å². The van der Waals surface area contributed by atoms with Crippen molar-refractivity contribution in [3.63, 3.8) is 0 Å². The first-order valence-corrected chi connectivity index (χ1v) is 7.26. The molecule has 0 fully saturated rings. The van der Waals surface area contributed by atoms with Crippen molar-refractivity contribution in [3.05, 3.63) is 47.8 Å². The van der Waals surface area contributed by atoms with Gasteiger partial charge < -0.3 is 9.84 Å². The topological polar surface area (TPSA) is 67.6 Å². The molecule has 1 aromatic carbocycles. The maximum atomic E-state index is 12.1. The Morgan fingerprint density at radius 3 is 2.73 bits per heavy atom. The van der Waals surface area contributed by atoms with Crippen molar-refractivity contribution in [1.82, 2.24) is 14.7 Å². The molecule has 0 bridgehead atoms. The number of hydrogen-bond donors (Lipinski definition) is 1. The van der Waals surface area contributed by atoms with Crippen LogP contribution in [0.25, 0.3) is 5.69 Å². The van der Waals surface area contributed by atoms with Crippen molar-refractivity contribution in [2.24, 2.45) is 0 Å². The van der Waals surface area contributed by atoms with Crippen LogP contribution >= 0.6 is 0 Å². The molecule has 0 atom stereocenters. The number of ether oxygens (including phenoxy) is 1. The van der Waals surface area contributed by atoms with Crippen LogP contribution in [0.15, 0.2) is 36.5 Å². The Labute approximate surface area is 129 Å². The Hall–Kier alpha value is -2.18. The first-order chi connectivity index (χ1) is 10.7. The minimum Gasteiger partial charge on any atom is -0.461 e. The molecule has 118 valence electrons. The summed E-state index contributed by atoms with van der Waals surface area (Å²) in [6.45, 7) is 3.19. The molecule has 22 heavy (non-hydrogen) atoms. The summed E-state index contributed by atoms with van der Waals surface area (Å²) in [5, 5.41) is 13.4. The monoisotopic (exact) mass is 303 g/mol. The van der Waals surface area contributed by atoms with Crippen LogP contribution in [0.4, 0.5) is 0 Å². The number of aliphatic hydroxyl groups is 1. The summed E-state index contributed by atoms with van der Waals surface area (Å²) >= 11 is 0. The molecule has 0 saturated heterocycles. The summed E-state index contributed by atoms with van der Waals surface area (Å²) in [6.07, 6.45) is 1.83. The van der Waals surface area contributed by atoms with E-state index < -0.39 is 5.97 Å². The highest BCUT2D eigenvalue weighted by Gasteiger charge is 2.19. The number of hydrogen-bond acceptors (Lipinski definition) is 5. The molecule has 0 spiro atoms. The van der Waals surface area contributed by atoms with E-state index in [1.54, 1.807) is 11.6 Å². The van der Waals surface area contributed by atoms with Gasteiger partial charge in [-0.25, -0.2) is 9.48 Å². The molecule has 2 aromatic rings. The van der Waals surface area contributed by atoms with E-state index >= 15 is 0 Å². The second-order valence-electron chi connectivity index (χ2n) is 4.96. The lowest BCUT2D eigenvalue weighted by atomic mass is 10.2. The number of nitrogens with zero attached hydrogens (tertiary/aromatic N) is 3. The molecule has 0 aliphatic heterocycles. The van der Waals surface area contributed by atoms with Crippen molar-refractivity contribution in [2.75, 3.05) is 26.8 Å². The first kappa shape index (κ1) is 16.2. The lowest BCUT2D eigenvalue weighted by molar-refractivity contribution is 0.0516. The van der Waals surface area contributed by atoms with Crippen LogP contribution < -0.4 is 0 Å². The largest absolute Gasteiger partial charge is 0.461 e. The normalized spacial score (nSPS) is 10.9. The van der Waals surface area contributed by atoms with Gasteiger partial charge in [0.05, 0.1) is 18.9 Å². The van der Waals surface area contributed by atoms with Gasteiger partial charge in [0, 0.05) is 24.8 Å². The fourth-order valence-corrected chi connectivity index (χ4v) is 2.15. The Kier molecular flexibility index (Phi) is 5.68. The van der Waals surface area contributed by atoms with Crippen LogP contribution in [0.1, 0.15) is 23.0 Å². The predicted octanol–water partition coefficient (Wildman–Crippen LogP) is 1.47. The Morgan fingerprint density at radius 2 is 2.09 bits per heavy atom. The van der Waals surface area contributed by atoms with Crippen LogP contribution in [0.3, 0.4) is 0 Å². The van der Waals surface area contributed by atoms with Crippen molar-refractivity contribution in [3.8, 4) is 5.69 Å². The number of carbonyl (C=O) groups is 1. The first-order valence-electron chi connectivity index (χ1n) is 7.26. The van der Waals surface area contributed by atoms with Gasteiger partial charge in [0.25, 0.3) is 0 Å². The molecule has 1 N–H and O–H groups in total. The summed E-state index contributed by atoms with van der Waals surface area (Å²) in [5.41, 5.74) is 1.97. The minimum atomic E-state index is -0.426. The third kappa shape index (κ3) is 3.93. The van der Waals surface area contributed by atoms with E-state index in [2.05, 4.69) is 5.10 Å². The lowest BCUT2D eigenvalue weighted by Gasteiger charge is -2.14. The van der Waals surface area contributed by atoms with Gasteiger partial charge >= 0.3 is 5.97 Å². The minimum absolute atomic E-state index is 0.0675. The van der Waals surface area contributed by atoms with Gasteiger partial charge in [-0.1, -0.05) is 18.2 Å². The van der Waals surface area contributed by atoms with E-state index in [-0.39, 0.29) is 6.61 Å². The van der Waals surface area contributed by atoms with Gasteiger partial charge in [-0.3, -0.25) is 4.90 Å². The smallest absolute Gasteiger partial charge is 0.359 e. The van der Waals surface area contributed by atoms with E-state index in [0.717, 1.165) is 11.3 Å². The van der Waals surface area contributed by atoms with Gasteiger partial charge in [0.15, 0.2) is 5.69 Å². The number of carbonyl (C=O) groups excluding carboxylic acids is 1. The highest BCUT2D eigenvalue weighted by molar-refractivity contribution is 5.88. The zero-order valence-electron chi connectivity index (χ0n) is 12.9. The fraction of sp³-hybridized carbons (Fsp3) is 0.375. The number of esters is 1. The Balaban J connectivity index is 2.32. The van der Waals surface area contributed by atoms with E-state index in [0.29, 0.717) is 25.4 Å². The maximum Gasteiger partial charge on any atom is 0.359 e. The second kappa shape index (κ2) is 7.72. The van der Waals surface area contributed by atoms with Gasteiger partial charge in [-0.15, -0.1) is 0 Å². The highest BCUT2D eigenvalue weighted by Crippen LogP contribution is 2.15. The van der Waals surface area contributed by atoms with Crippen molar-refractivity contribution in [1.29, 1.82) is 0 Å². The molecule has 6 nitrogen and oxygen atoms in total. The van der Waals surface area contributed by atoms with Crippen LogP contribution in [0.5, 0.6) is 0 Å². The predicted molar refractivity (Wildman–Crippen MR) is 82.9 cm³/mol. The van der Waals surface area contributed by atoms with Gasteiger partial charge in [0.1, 0.15) is 0 Å². The molecule has 0 unspecified atom stereocenters. The van der Waals surface area contributed by atoms with Gasteiger partial charge in [-0.05, 0) is 26.1 Å². The number of likely N-dealkylation sites (N-methyl/N-ethyl adjacent to an activating group) is 1. The molecule has 1 aromatic heterocycles. The van der Waals surface area contributed by atoms with Crippen LogP contribution in [-0.2, 0) is 11.3 Å². The average Bonchev–Trinajstić information content (AvgIpc) is 2.92. The van der Waals surface area contributed by atoms with Gasteiger partial charge in [-0.2, -0.15) is 5.10 Å². The van der Waals surface area contributed by atoms with Crippen molar-refractivity contribution < 1.29 is 14.6 Å². The summed E-state index contributed by atoms with van der Waals surface area (Å²) < 4.78 is 6.75. The number of benzene rings is 1. The third-order valence-electron chi connectivity index (χ3n) is 3.20. The summed E-state index contributed by atoms with van der Waals surface area (Å²) in [6, 6.07) is 9.60. The maximum absolute atomic E-state index is 12.1. The molecule has 0 radical (unpaired) electrons.